The highest BCUT2D eigenvalue weighted by Crippen LogP contribution is 2.15. The van der Waals surface area contributed by atoms with Crippen molar-refractivity contribution in [3.05, 3.63) is 65.2 Å². The van der Waals surface area contributed by atoms with Crippen molar-refractivity contribution in [2.24, 2.45) is 0 Å². The fourth-order valence-electron chi connectivity index (χ4n) is 3.86. The van der Waals surface area contributed by atoms with E-state index in [-0.39, 0.29) is 18.4 Å². The van der Waals surface area contributed by atoms with Crippen molar-refractivity contribution >= 4 is 11.8 Å². The number of nitrogens with zero attached hydrogens (tertiary/aromatic N) is 3. The van der Waals surface area contributed by atoms with Crippen LogP contribution in [0.15, 0.2) is 48.5 Å². The van der Waals surface area contributed by atoms with Crippen LogP contribution in [0.25, 0.3) is 0 Å². The fourth-order valence-corrected chi connectivity index (χ4v) is 3.86. The molecular weight excluding hydrogens is 390 g/mol. The Hall–Kier alpha value is -2.86. The molecule has 1 atom stereocenters. The van der Waals surface area contributed by atoms with Gasteiger partial charge in [-0.3, -0.25) is 14.5 Å². The molecule has 1 fully saturated rings. The number of hydrogen-bond donors (Lipinski definition) is 0. The Kier molecular flexibility index (Phi) is 7.69. The summed E-state index contributed by atoms with van der Waals surface area (Å²) in [5.41, 5.74) is 3.63. The number of ether oxygens (including phenoxy) is 1. The number of hydrogen-bond acceptors (Lipinski definition) is 4. The quantitative estimate of drug-likeness (QED) is 0.687. The number of carbonyl (C=O) groups excluding carboxylic acids is 2. The first-order valence-corrected chi connectivity index (χ1v) is 10.9. The predicted octanol–water partition coefficient (Wildman–Crippen LogP) is 2.87. The van der Waals surface area contributed by atoms with Crippen LogP contribution in [0.5, 0.6) is 5.75 Å². The van der Waals surface area contributed by atoms with E-state index in [4.69, 9.17) is 4.74 Å². The highest BCUT2D eigenvalue weighted by atomic mass is 16.5. The Balaban J connectivity index is 1.44. The number of carbonyl (C=O) groups is 2. The van der Waals surface area contributed by atoms with Crippen LogP contribution < -0.4 is 4.74 Å². The summed E-state index contributed by atoms with van der Waals surface area (Å²) in [6, 6.07) is 16.1. The van der Waals surface area contributed by atoms with Gasteiger partial charge in [0.2, 0.25) is 5.91 Å². The summed E-state index contributed by atoms with van der Waals surface area (Å²) in [7, 11) is 1.66. The third-order valence-electron chi connectivity index (χ3n) is 5.61. The van der Waals surface area contributed by atoms with Crippen molar-refractivity contribution in [2.45, 2.75) is 33.4 Å². The molecule has 166 valence electrons. The Bertz CT molecular complexity index is 906. The molecule has 0 spiro atoms. The lowest BCUT2D eigenvalue weighted by atomic mass is 10.1. The van der Waals surface area contributed by atoms with Gasteiger partial charge in [0.1, 0.15) is 5.75 Å². The van der Waals surface area contributed by atoms with Crippen molar-refractivity contribution in [3.63, 3.8) is 0 Å². The van der Waals surface area contributed by atoms with E-state index >= 15 is 0 Å². The maximum absolute atomic E-state index is 12.7. The second kappa shape index (κ2) is 10.4. The minimum Gasteiger partial charge on any atom is -0.481 e. The van der Waals surface area contributed by atoms with Gasteiger partial charge in [-0.25, -0.2) is 0 Å². The van der Waals surface area contributed by atoms with Gasteiger partial charge in [0.25, 0.3) is 5.91 Å². The van der Waals surface area contributed by atoms with Gasteiger partial charge in [0.05, 0.1) is 6.54 Å². The second-order valence-corrected chi connectivity index (χ2v) is 8.42. The zero-order valence-electron chi connectivity index (χ0n) is 19.0. The van der Waals surface area contributed by atoms with Gasteiger partial charge in [0, 0.05) is 39.8 Å². The average Bonchev–Trinajstić information content (AvgIpc) is 2.73. The molecule has 1 heterocycles. The highest BCUT2D eigenvalue weighted by Gasteiger charge is 2.25. The molecule has 31 heavy (non-hydrogen) atoms. The molecule has 6 heteroatoms. The van der Waals surface area contributed by atoms with E-state index in [1.807, 2.05) is 36.1 Å². The number of amides is 2. The van der Waals surface area contributed by atoms with Crippen LogP contribution in [0.4, 0.5) is 0 Å². The van der Waals surface area contributed by atoms with E-state index in [0.717, 1.165) is 25.2 Å². The molecule has 1 aliphatic rings. The smallest absolute Gasteiger partial charge is 0.263 e. The van der Waals surface area contributed by atoms with Crippen LogP contribution in [-0.2, 0) is 16.1 Å². The lowest BCUT2D eigenvalue weighted by molar-refractivity contribution is -0.143. The van der Waals surface area contributed by atoms with Crippen molar-refractivity contribution < 1.29 is 14.3 Å². The highest BCUT2D eigenvalue weighted by molar-refractivity contribution is 5.86. The Morgan fingerprint density at radius 3 is 2.29 bits per heavy atom. The molecule has 0 unspecified atom stereocenters. The molecule has 1 aliphatic heterocycles. The molecule has 2 amide bonds. The Morgan fingerprint density at radius 2 is 1.65 bits per heavy atom. The monoisotopic (exact) mass is 423 g/mol. The van der Waals surface area contributed by atoms with Crippen molar-refractivity contribution in [1.29, 1.82) is 0 Å². The van der Waals surface area contributed by atoms with Gasteiger partial charge in [-0.2, -0.15) is 0 Å². The molecule has 0 N–H and O–H groups in total. The summed E-state index contributed by atoms with van der Waals surface area (Å²) in [6.07, 6.45) is -0.647. The molecule has 6 nitrogen and oxygen atoms in total. The Morgan fingerprint density at radius 1 is 1.00 bits per heavy atom. The predicted molar refractivity (Wildman–Crippen MR) is 122 cm³/mol. The third-order valence-corrected chi connectivity index (χ3v) is 5.61. The fraction of sp³-hybridized carbons (Fsp3) is 0.440. The van der Waals surface area contributed by atoms with Gasteiger partial charge in [-0.1, -0.05) is 42.0 Å². The van der Waals surface area contributed by atoms with Crippen LogP contribution in [0, 0.1) is 13.8 Å². The van der Waals surface area contributed by atoms with Crippen LogP contribution >= 0.6 is 0 Å². The van der Waals surface area contributed by atoms with E-state index in [2.05, 4.69) is 36.1 Å². The number of aryl methyl sites for hydroxylation is 2. The van der Waals surface area contributed by atoms with E-state index in [9.17, 15) is 9.59 Å². The SMILES string of the molecule is Cc1cccc(CN2CCN(C(=O)CN(C)C(=O)[C@@H](C)Oc3cccc(C)c3)CC2)c1. The lowest BCUT2D eigenvalue weighted by Crippen LogP contribution is -2.51. The van der Waals surface area contributed by atoms with Gasteiger partial charge in [-0.05, 0) is 44.0 Å². The molecule has 3 rings (SSSR count). The summed E-state index contributed by atoms with van der Waals surface area (Å²) in [5, 5.41) is 0. The lowest BCUT2D eigenvalue weighted by Gasteiger charge is -2.35. The molecular formula is C25H33N3O3. The maximum Gasteiger partial charge on any atom is 0.263 e. The number of benzene rings is 2. The zero-order chi connectivity index (χ0) is 22.4. The average molecular weight is 424 g/mol. The largest absolute Gasteiger partial charge is 0.481 e. The number of rotatable bonds is 7. The first kappa shape index (κ1) is 22.8. The summed E-state index contributed by atoms with van der Waals surface area (Å²) in [5.74, 6) is 0.437. The minimum atomic E-state index is -0.647. The van der Waals surface area contributed by atoms with E-state index < -0.39 is 6.10 Å². The van der Waals surface area contributed by atoms with Gasteiger partial charge >= 0.3 is 0 Å². The normalized spacial score (nSPS) is 15.4. The first-order chi connectivity index (χ1) is 14.8. The second-order valence-electron chi connectivity index (χ2n) is 8.42. The van der Waals surface area contributed by atoms with Crippen LogP contribution in [0.1, 0.15) is 23.6 Å². The summed E-state index contributed by atoms with van der Waals surface area (Å²) >= 11 is 0. The minimum absolute atomic E-state index is 0.0196. The van der Waals surface area contributed by atoms with Crippen molar-refractivity contribution in [2.75, 3.05) is 39.8 Å². The van der Waals surface area contributed by atoms with Gasteiger partial charge in [-0.15, -0.1) is 0 Å². The topological polar surface area (TPSA) is 53.1 Å². The first-order valence-electron chi connectivity index (χ1n) is 10.9. The standard InChI is InChI=1S/C25H33N3O3/c1-19-7-5-9-22(15-19)17-27-11-13-28(14-12-27)24(29)18-26(4)25(30)21(3)31-23-10-6-8-20(2)16-23/h5-10,15-16,21H,11-14,17-18H2,1-4H3/t21-/m1/s1. The molecule has 0 saturated carbocycles. The Labute approximate surface area is 185 Å². The molecule has 1 saturated heterocycles. The summed E-state index contributed by atoms with van der Waals surface area (Å²) in [4.78, 5) is 31.1. The molecule has 0 radical (unpaired) electrons. The summed E-state index contributed by atoms with van der Waals surface area (Å²) in [6.45, 7) is 9.80. The molecule has 0 bridgehead atoms. The van der Waals surface area contributed by atoms with Crippen molar-refractivity contribution in [3.8, 4) is 5.75 Å². The maximum atomic E-state index is 12.7. The molecule has 0 aliphatic carbocycles. The van der Waals surface area contributed by atoms with Gasteiger partial charge < -0.3 is 14.5 Å². The van der Waals surface area contributed by atoms with Crippen LogP contribution in [0.3, 0.4) is 0 Å². The number of likely N-dealkylation sites (N-methyl/N-ethyl adjacent to an activating group) is 1. The van der Waals surface area contributed by atoms with Gasteiger partial charge in [0.15, 0.2) is 6.10 Å². The van der Waals surface area contributed by atoms with E-state index in [1.54, 1.807) is 14.0 Å². The third kappa shape index (κ3) is 6.56. The van der Waals surface area contributed by atoms with E-state index in [1.165, 1.54) is 16.0 Å². The van der Waals surface area contributed by atoms with Crippen LogP contribution in [-0.4, -0.2) is 72.4 Å². The molecule has 0 aromatic heterocycles. The zero-order valence-corrected chi connectivity index (χ0v) is 19.0. The van der Waals surface area contributed by atoms with E-state index in [0.29, 0.717) is 18.8 Å². The summed E-state index contributed by atoms with van der Waals surface area (Å²) < 4.78 is 5.76. The molecule has 2 aromatic rings. The van der Waals surface area contributed by atoms with Crippen LogP contribution in [0.2, 0.25) is 0 Å². The number of piperazine rings is 1. The molecule has 2 aromatic carbocycles. The van der Waals surface area contributed by atoms with Crippen molar-refractivity contribution in [1.82, 2.24) is 14.7 Å².